The molecule has 0 aliphatic carbocycles. The number of hydrogen-bond donors (Lipinski definition) is 1. The molecule has 0 amide bonds. The molecule has 2 aromatic rings. The zero-order valence-electron chi connectivity index (χ0n) is 12.1. The van der Waals surface area contributed by atoms with Gasteiger partial charge in [0.05, 0.1) is 20.3 Å². The van der Waals surface area contributed by atoms with Gasteiger partial charge in [-0.15, -0.1) is 0 Å². The molecule has 0 saturated carbocycles. The average Bonchev–Trinajstić information content (AvgIpc) is 2.48. The summed E-state index contributed by atoms with van der Waals surface area (Å²) < 4.78 is 37.4. The second-order valence-electron chi connectivity index (χ2n) is 4.51. The predicted octanol–water partition coefficient (Wildman–Crippen LogP) is 3.29. The van der Waals surface area contributed by atoms with Crippen LogP contribution < -0.4 is 14.8 Å². The van der Waals surface area contributed by atoms with Crippen LogP contribution in [0.2, 0.25) is 0 Å². The molecule has 5 heteroatoms. The van der Waals surface area contributed by atoms with Crippen LogP contribution in [0, 0.1) is 11.6 Å². The minimum absolute atomic E-state index is 0.175. The fourth-order valence-corrected chi connectivity index (χ4v) is 2.25. The minimum atomic E-state index is -0.454. The number of halogens is 2. The van der Waals surface area contributed by atoms with Crippen molar-refractivity contribution < 1.29 is 18.3 Å². The lowest BCUT2D eigenvalue weighted by molar-refractivity contribution is 0.385. The fourth-order valence-electron chi connectivity index (χ4n) is 2.25. The smallest absolute Gasteiger partial charge is 0.165 e. The van der Waals surface area contributed by atoms with E-state index in [-0.39, 0.29) is 17.5 Å². The van der Waals surface area contributed by atoms with E-state index in [4.69, 9.17) is 9.47 Å². The van der Waals surface area contributed by atoms with E-state index in [1.165, 1.54) is 26.4 Å². The molecule has 112 valence electrons. The van der Waals surface area contributed by atoms with Gasteiger partial charge in [0.15, 0.2) is 23.1 Å². The number of rotatable bonds is 5. The Hall–Kier alpha value is -2.14. The van der Waals surface area contributed by atoms with Crippen LogP contribution in [0.4, 0.5) is 8.78 Å². The van der Waals surface area contributed by atoms with Crippen molar-refractivity contribution in [3.63, 3.8) is 0 Å². The maximum atomic E-state index is 13.8. The maximum Gasteiger partial charge on any atom is 0.165 e. The molecule has 0 saturated heterocycles. The van der Waals surface area contributed by atoms with Crippen molar-refractivity contribution >= 4 is 0 Å². The molecule has 1 N–H and O–H groups in total. The molecular formula is C16H17F2NO2. The Labute approximate surface area is 122 Å². The topological polar surface area (TPSA) is 30.5 Å². The van der Waals surface area contributed by atoms with Gasteiger partial charge in [-0.2, -0.15) is 0 Å². The number of benzene rings is 2. The molecular weight excluding hydrogens is 276 g/mol. The van der Waals surface area contributed by atoms with Crippen LogP contribution in [0.25, 0.3) is 0 Å². The fraction of sp³-hybridized carbons (Fsp3) is 0.250. The third-order valence-corrected chi connectivity index (χ3v) is 3.31. The van der Waals surface area contributed by atoms with Crippen molar-refractivity contribution in [3.05, 3.63) is 59.2 Å². The number of methoxy groups -OCH3 is 2. The zero-order chi connectivity index (χ0) is 15.4. The lowest BCUT2D eigenvalue weighted by Gasteiger charge is -2.18. The molecule has 0 aromatic heterocycles. The van der Waals surface area contributed by atoms with Crippen LogP contribution in [-0.2, 0) is 0 Å². The second-order valence-corrected chi connectivity index (χ2v) is 4.51. The Balaban J connectivity index is 2.39. The largest absolute Gasteiger partial charge is 0.494 e. The van der Waals surface area contributed by atoms with Gasteiger partial charge < -0.3 is 14.8 Å². The van der Waals surface area contributed by atoms with Gasteiger partial charge in [-0.05, 0) is 42.4 Å². The monoisotopic (exact) mass is 293 g/mol. The molecule has 0 heterocycles. The van der Waals surface area contributed by atoms with Crippen LogP contribution in [0.15, 0.2) is 36.4 Å². The second kappa shape index (κ2) is 6.54. The first kappa shape index (κ1) is 15.3. The predicted molar refractivity (Wildman–Crippen MR) is 76.8 cm³/mol. The minimum Gasteiger partial charge on any atom is -0.494 e. The summed E-state index contributed by atoms with van der Waals surface area (Å²) in [6.45, 7) is 0. The lowest BCUT2D eigenvalue weighted by atomic mass is 9.98. The Morgan fingerprint density at radius 1 is 0.857 bits per heavy atom. The van der Waals surface area contributed by atoms with Crippen LogP contribution in [0.5, 0.6) is 11.5 Å². The molecule has 0 radical (unpaired) electrons. The summed E-state index contributed by atoms with van der Waals surface area (Å²) in [6, 6.07) is 9.01. The maximum absolute atomic E-state index is 13.8. The first-order valence-electron chi connectivity index (χ1n) is 6.44. The van der Waals surface area contributed by atoms with Crippen molar-refractivity contribution in [1.82, 2.24) is 5.32 Å². The van der Waals surface area contributed by atoms with E-state index in [0.29, 0.717) is 11.1 Å². The van der Waals surface area contributed by atoms with E-state index in [9.17, 15) is 8.78 Å². The summed E-state index contributed by atoms with van der Waals surface area (Å²) in [5.41, 5.74) is 1.36. The number of hydrogen-bond acceptors (Lipinski definition) is 3. The van der Waals surface area contributed by atoms with Gasteiger partial charge in [0.2, 0.25) is 0 Å². The third-order valence-electron chi connectivity index (χ3n) is 3.31. The van der Waals surface area contributed by atoms with Crippen molar-refractivity contribution in [3.8, 4) is 11.5 Å². The van der Waals surface area contributed by atoms with Gasteiger partial charge in [-0.1, -0.05) is 12.1 Å². The highest BCUT2D eigenvalue weighted by molar-refractivity contribution is 5.39. The normalized spacial score (nSPS) is 10.8. The number of ether oxygens (including phenoxy) is 2. The van der Waals surface area contributed by atoms with E-state index in [1.54, 1.807) is 31.3 Å². The van der Waals surface area contributed by atoms with Gasteiger partial charge >= 0.3 is 0 Å². The lowest BCUT2D eigenvalue weighted by Crippen LogP contribution is -2.18. The van der Waals surface area contributed by atoms with Crippen molar-refractivity contribution in [2.45, 2.75) is 6.04 Å². The molecule has 21 heavy (non-hydrogen) atoms. The molecule has 0 aliphatic rings. The van der Waals surface area contributed by atoms with Gasteiger partial charge in [-0.3, -0.25) is 0 Å². The van der Waals surface area contributed by atoms with E-state index < -0.39 is 11.6 Å². The Morgan fingerprint density at radius 2 is 1.29 bits per heavy atom. The molecule has 2 rings (SSSR count). The summed E-state index contributed by atoms with van der Waals surface area (Å²) in [6.07, 6.45) is 0. The summed E-state index contributed by atoms with van der Waals surface area (Å²) in [5.74, 6) is -0.558. The Kier molecular flexibility index (Phi) is 4.75. The first-order valence-corrected chi connectivity index (χ1v) is 6.44. The molecule has 3 nitrogen and oxygen atoms in total. The summed E-state index contributed by atoms with van der Waals surface area (Å²) in [7, 11) is 4.55. The van der Waals surface area contributed by atoms with Gasteiger partial charge in [-0.25, -0.2) is 8.78 Å². The highest BCUT2D eigenvalue weighted by Gasteiger charge is 2.16. The van der Waals surface area contributed by atoms with E-state index >= 15 is 0 Å². The molecule has 2 aromatic carbocycles. The van der Waals surface area contributed by atoms with Gasteiger partial charge in [0.25, 0.3) is 0 Å². The summed E-state index contributed by atoms with van der Waals surface area (Å²) >= 11 is 0. The van der Waals surface area contributed by atoms with Gasteiger partial charge in [0, 0.05) is 0 Å². The number of nitrogens with one attached hydrogen (secondary N) is 1. The summed E-state index contributed by atoms with van der Waals surface area (Å²) in [5, 5.41) is 3.05. The van der Waals surface area contributed by atoms with Gasteiger partial charge in [0.1, 0.15) is 0 Å². The zero-order valence-corrected chi connectivity index (χ0v) is 12.1. The molecule has 0 unspecified atom stereocenters. The summed E-state index contributed by atoms with van der Waals surface area (Å²) in [4.78, 5) is 0. The van der Waals surface area contributed by atoms with Crippen LogP contribution in [0.3, 0.4) is 0 Å². The molecule has 0 fully saturated rings. The van der Waals surface area contributed by atoms with Crippen molar-refractivity contribution in [2.75, 3.05) is 21.3 Å². The van der Waals surface area contributed by atoms with E-state index in [2.05, 4.69) is 5.32 Å². The first-order chi connectivity index (χ1) is 10.1. The SMILES string of the molecule is CNC(c1ccc(OC)c(F)c1)c1ccc(OC)c(F)c1. The van der Waals surface area contributed by atoms with Crippen molar-refractivity contribution in [2.24, 2.45) is 0 Å². The highest BCUT2D eigenvalue weighted by atomic mass is 19.1. The highest BCUT2D eigenvalue weighted by Crippen LogP contribution is 2.28. The average molecular weight is 293 g/mol. The third kappa shape index (κ3) is 3.13. The van der Waals surface area contributed by atoms with Crippen LogP contribution in [0.1, 0.15) is 17.2 Å². The molecule has 0 atom stereocenters. The molecule has 0 spiro atoms. The van der Waals surface area contributed by atoms with Crippen LogP contribution >= 0.6 is 0 Å². The van der Waals surface area contributed by atoms with E-state index in [0.717, 1.165) is 0 Å². The van der Waals surface area contributed by atoms with Crippen molar-refractivity contribution in [1.29, 1.82) is 0 Å². The Bertz CT molecular complexity index is 578. The molecule has 0 bridgehead atoms. The molecule has 0 aliphatic heterocycles. The Morgan fingerprint density at radius 3 is 1.57 bits per heavy atom. The quantitative estimate of drug-likeness (QED) is 0.917. The van der Waals surface area contributed by atoms with E-state index in [1.807, 2.05) is 0 Å². The standard InChI is InChI=1S/C16H17F2NO2/c1-19-16(10-4-6-14(20-2)12(17)8-10)11-5-7-15(21-3)13(18)9-11/h4-9,16,19H,1-3H3. The van der Waals surface area contributed by atoms with Crippen LogP contribution in [-0.4, -0.2) is 21.3 Å².